The Balaban J connectivity index is 1.60. The van der Waals surface area contributed by atoms with Crippen molar-refractivity contribution in [2.45, 2.75) is 26.0 Å². The molecule has 1 atom stereocenters. The van der Waals surface area contributed by atoms with Gasteiger partial charge >= 0.3 is 6.03 Å². The molecule has 0 saturated carbocycles. The van der Waals surface area contributed by atoms with Gasteiger partial charge in [-0.2, -0.15) is 0 Å². The number of benzene rings is 2. The van der Waals surface area contributed by atoms with Gasteiger partial charge in [0.25, 0.3) is 0 Å². The number of anilines is 1. The average Bonchev–Trinajstić information content (AvgIpc) is 2.77. The lowest BCUT2D eigenvalue weighted by atomic mass is 10.2. The summed E-state index contributed by atoms with van der Waals surface area (Å²) in [4.78, 5) is 27.8. The molecule has 178 valence electrons. The predicted octanol–water partition coefficient (Wildman–Crippen LogP) is 4.03. The fourth-order valence-electron chi connectivity index (χ4n) is 3.56. The Morgan fingerprint density at radius 2 is 1.85 bits per heavy atom. The van der Waals surface area contributed by atoms with Gasteiger partial charge in [0.15, 0.2) is 0 Å². The van der Waals surface area contributed by atoms with Crippen LogP contribution in [0.25, 0.3) is 0 Å². The normalized spacial score (nSPS) is 14.8. The van der Waals surface area contributed by atoms with Gasteiger partial charge in [0.1, 0.15) is 24.2 Å². The molecule has 1 unspecified atom stereocenters. The van der Waals surface area contributed by atoms with E-state index in [4.69, 9.17) is 32.7 Å². The lowest BCUT2D eigenvalue weighted by Crippen LogP contribution is -2.51. The van der Waals surface area contributed by atoms with E-state index in [0.29, 0.717) is 46.9 Å². The van der Waals surface area contributed by atoms with Crippen LogP contribution in [0.4, 0.5) is 10.5 Å². The first kappa shape index (κ1) is 25.0. The van der Waals surface area contributed by atoms with E-state index in [1.54, 1.807) is 28.0 Å². The number of halogens is 2. The third-order valence-electron chi connectivity index (χ3n) is 5.11. The first-order chi connectivity index (χ1) is 15.8. The van der Waals surface area contributed by atoms with Crippen molar-refractivity contribution in [3.63, 3.8) is 0 Å². The molecule has 1 heterocycles. The zero-order chi connectivity index (χ0) is 24.0. The number of urea groups is 1. The number of hydrogen-bond donors (Lipinski definition) is 2. The highest BCUT2D eigenvalue weighted by atomic mass is 35.5. The second kappa shape index (κ2) is 11.4. The molecule has 1 saturated heterocycles. The average molecular weight is 496 g/mol. The zero-order valence-electron chi connectivity index (χ0n) is 18.5. The van der Waals surface area contributed by atoms with Crippen LogP contribution >= 0.6 is 23.2 Å². The smallest absolute Gasteiger partial charge is 0.320 e. The Morgan fingerprint density at radius 3 is 2.52 bits per heavy atom. The van der Waals surface area contributed by atoms with Crippen molar-refractivity contribution in [3.8, 4) is 11.5 Å². The Kier molecular flexibility index (Phi) is 8.66. The summed E-state index contributed by atoms with van der Waals surface area (Å²) in [5.74, 6) is 0.389. The molecule has 33 heavy (non-hydrogen) atoms. The molecular weight excluding hydrogens is 469 g/mol. The molecular formula is C23H27Cl2N3O5. The van der Waals surface area contributed by atoms with Gasteiger partial charge in [0.2, 0.25) is 5.91 Å². The maximum atomic E-state index is 12.9. The maximum absolute atomic E-state index is 12.9. The van der Waals surface area contributed by atoms with Gasteiger partial charge in [0, 0.05) is 37.6 Å². The molecule has 3 rings (SSSR count). The monoisotopic (exact) mass is 495 g/mol. The summed E-state index contributed by atoms with van der Waals surface area (Å²) in [6.45, 7) is 3.08. The number of aliphatic hydroxyl groups excluding tert-OH is 1. The number of aliphatic hydroxyl groups is 1. The molecule has 0 aliphatic carbocycles. The van der Waals surface area contributed by atoms with Crippen LogP contribution in [0.15, 0.2) is 36.4 Å². The van der Waals surface area contributed by atoms with E-state index in [1.165, 1.54) is 20.1 Å². The number of nitrogens with one attached hydrogen (secondary N) is 1. The minimum atomic E-state index is -0.934. The van der Waals surface area contributed by atoms with Crippen molar-refractivity contribution in [1.29, 1.82) is 0 Å². The molecule has 1 aliphatic heterocycles. The van der Waals surface area contributed by atoms with Crippen molar-refractivity contribution in [2.75, 3.05) is 38.7 Å². The van der Waals surface area contributed by atoms with Gasteiger partial charge in [-0.3, -0.25) is 4.79 Å². The molecule has 2 aromatic carbocycles. The number of ether oxygens (including phenoxy) is 2. The van der Waals surface area contributed by atoms with Crippen molar-refractivity contribution in [2.24, 2.45) is 0 Å². The summed E-state index contributed by atoms with van der Waals surface area (Å²) in [7, 11) is 1.47. The molecule has 0 radical (unpaired) electrons. The first-order valence-corrected chi connectivity index (χ1v) is 11.3. The van der Waals surface area contributed by atoms with E-state index >= 15 is 0 Å². The molecule has 0 spiro atoms. The highest BCUT2D eigenvalue weighted by Gasteiger charge is 2.27. The second-order valence-corrected chi connectivity index (χ2v) is 8.60. The van der Waals surface area contributed by atoms with Crippen LogP contribution in [0, 0.1) is 0 Å². The van der Waals surface area contributed by atoms with Crippen LogP contribution in [-0.2, 0) is 11.3 Å². The second-order valence-electron chi connectivity index (χ2n) is 7.76. The van der Waals surface area contributed by atoms with Crippen LogP contribution in [0.2, 0.25) is 10.0 Å². The highest BCUT2D eigenvalue weighted by molar-refractivity contribution is 6.32. The molecule has 2 N–H and O–H groups in total. The highest BCUT2D eigenvalue weighted by Crippen LogP contribution is 2.36. The van der Waals surface area contributed by atoms with Crippen molar-refractivity contribution in [1.82, 2.24) is 9.80 Å². The largest absolute Gasteiger partial charge is 0.495 e. The summed E-state index contributed by atoms with van der Waals surface area (Å²) in [5.41, 5.74) is 1.35. The van der Waals surface area contributed by atoms with Gasteiger partial charge in [-0.15, -0.1) is 0 Å². The molecule has 0 aromatic heterocycles. The molecule has 3 amide bonds. The van der Waals surface area contributed by atoms with Crippen molar-refractivity contribution < 1.29 is 24.2 Å². The summed E-state index contributed by atoms with van der Waals surface area (Å²) in [6, 6.07) is 10.3. The van der Waals surface area contributed by atoms with Crippen molar-refractivity contribution in [3.05, 3.63) is 52.0 Å². The Hall–Kier alpha value is -2.68. The zero-order valence-corrected chi connectivity index (χ0v) is 20.0. The van der Waals surface area contributed by atoms with Crippen LogP contribution in [0.5, 0.6) is 11.5 Å². The van der Waals surface area contributed by atoms with Gasteiger partial charge < -0.3 is 29.7 Å². The van der Waals surface area contributed by atoms with E-state index in [1.807, 2.05) is 12.1 Å². The van der Waals surface area contributed by atoms with Gasteiger partial charge in [0.05, 0.1) is 24.4 Å². The number of methoxy groups -OCH3 is 1. The van der Waals surface area contributed by atoms with Crippen molar-refractivity contribution >= 4 is 40.8 Å². The Morgan fingerprint density at radius 1 is 1.15 bits per heavy atom. The molecule has 1 aliphatic rings. The van der Waals surface area contributed by atoms with Gasteiger partial charge in [-0.05, 0) is 30.2 Å². The quantitative estimate of drug-likeness (QED) is 0.547. The lowest BCUT2D eigenvalue weighted by molar-refractivity contribution is -0.114. The van der Waals surface area contributed by atoms with Crippen LogP contribution in [-0.4, -0.2) is 66.3 Å². The van der Waals surface area contributed by atoms with E-state index in [2.05, 4.69) is 5.32 Å². The van der Waals surface area contributed by atoms with Gasteiger partial charge in [-0.25, -0.2) is 4.79 Å². The van der Waals surface area contributed by atoms with Crippen LogP contribution < -0.4 is 14.8 Å². The fourth-order valence-corrected chi connectivity index (χ4v) is 3.93. The predicted molar refractivity (Wildman–Crippen MR) is 127 cm³/mol. The number of carbonyl (C=O) groups is 2. The minimum Gasteiger partial charge on any atom is -0.495 e. The molecule has 8 nitrogen and oxygen atoms in total. The lowest BCUT2D eigenvalue weighted by Gasteiger charge is -2.36. The third kappa shape index (κ3) is 6.90. The van der Waals surface area contributed by atoms with E-state index in [0.717, 1.165) is 12.0 Å². The SMILES string of the molecule is COc1cc(OCC(O)CN2CCCN(Cc3ccc(Cl)cc3)C2=O)c(NC(C)=O)cc1Cl. The van der Waals surface area contributed by atoms with E-state index in [-0.39, 0.29) is 25.1 Å². The summed E-state index contributed by atoms with van der Waals surface area (Å²) < 4.78 is 10.9. The van der Waals surface area contributed by atoms with E-state index < -0.39 is 6.10 Å². The number of carbonyl (C=O) groups excluding carboxylic acids is 2. The number of hydrogen-bond acceptors (Lipinski definition) is 5. The summed E-state index contributed by atoms with van der Waals surface area (Å²) in [5, 5.41) is 14.1. The van der Waals surface area contributed by atoms with Crippen LogP contribution in [0.1, 0.15) is 18.9 Å². The third-order valence-corrected chi connectivity index (χ3v) is 5.66. The summed E-state index contributed by atoms with van der Waals surface area (Å²) in [6.07, 6.45) is -0.134. The van der Waals surface area contributed by atoms with Crippen LogP contribution in [0.3, 0.4) is 0 Å². The number of nitrogens with zero attached hydrogens (tertiary/aromatic N) is 2. The van der Waals surface area contributed by atoms with Gasteiger partial charge in [-0.1, -0.05) is 35.3 Å². The fraction of sp³-hybridized carbons (Fsp3) is 0.391. The van der Waals surface area contributed by atoms with E-state index in [9.17, 15) is 14.7 Å². The maximum Gasteiger partial charge on any atom is 0.320 e. The molecule has 1 fully saturated rings. The Bertz CT molecular complexity index is 987. The topological polar surface area (TPSA) is 91.3 Å². The molecule has 2 aromatic rings. The Labute approximate surface area is 203 Å². The number of amides is 3. The standard InChI is InChI=1S/C23H27Cl2N3O5/c1-15(29)26-20-10-19(25)21(32-2)11-22(20)33-14-18(30)13-28-9-3-8-27(23(28)31)12-16-4-6-17(24)7-5-16/h4-7,10-11,18,30H,3,8-9,12-14H2,1-2H3,(H,26,29). The molecule has 10 heteroatoms. The minimum absolute atomic E-state index is 0.0850. The number of rotatable bonds is 9. The summed E-state index contributed by atoms with van der Waals surface area (Å²) >= 11 is 12.1. The first-order valence-electron chi connectivity index (χ1n) is 10.5. The molecule has 0 bridgehead atoms. The number of β-amino-alcohol motifs (C(OH)–C–C–N with tert-alkyl or cyclic N) is 1.